The van der Waals surface area contributed by atoms with Gasteiger partial charge in [0.1, 0.15) is 17.3 Å². The molecule has 0 fully saturated rings. The summed E-state index contributed by atoms with van der Waals surface area (Å²) in [6, 6.07) is 20.2. The van der Waals surface area contributed by atoms with E-state index in [-0.39, 0.29) is 18.3 Å². The first-order chi connectivity index (χ1) is 15.6. The molecule has 2 aromatic carbocycles. The molecular formula is C24H16ClFN4O2. The Morgan fingerprint density at radius 3 is 2.44 bits per heavy atom. The van der Waals surface area contributed by atoms with Gasteiger partial charge >= 0.3 is 0 Å². The summed E-state index contributed by atoms with van der Waals surface area (Å²) in [5, 5.41) is 8.05. The van der Waals surface area contributed by atoms with E-state index in [1.54, 1.807) is 54.8 Å². The van der Waals surface area contributed by atoms with Gasteiger partial charge in [0, 0.05) is 22.2 Å². The second-order valence-electron chi connectivity index (χ2n) is 7.10. The van der Waals surface area contributed by atoms with Gasteiger partial charge in [0.2, 0.25) is 0 Å². The zero-order chi connectivity index (χ0) is 22.1. The number of hydrogen-bond donors (Lipinski definition) is 1. The third-order valence-corrected chi connectivity index (χ3v) is 5.20. The maximum absolute atomic E-state index is 13.4. The Morgan fingerprint density at radius 1 is 1.00 bits per heavy atom. The number of benzene rings is 2. The van der Waals surface area contributed by atoms with Crippen LogP contribution in [0.4, 0.5) is 4.39 Å². The van der Waals surface area contributed by atoms with Crippen molar-refractivity contribution in [2.24, 2.45) is 0 Å². The van der Waals surface area contributed by atoms with E-state index in [0.29, 0.717) is 39.1 Å². The van der Waals surface area contributed by atoms with Crippen molar-refractivity contribution in [2.45, 2.75) is 6.54 Å². The van der Waals surface area contributed by atoms with Crippen LogP contribution in [-0.4, -0.2) is 20.5 Å². The van der Waals surface area contributed by atoms with Gasteiger partial charge in [0.25, 0.3) is 5.91 Å². The molecule has 0 bridgehead atoms. The molecule has 1 amide bonds. The number of rotatable bonds is 5. The molecule has 0 aliphatic carbocycles. The van der Waals surface area contributed by atoms with Crippen molar-refractivity contribution in [1.29, 1.82) is 0 Å². The highest BCUT2D eigenvalue weighted by Crippen LogP contribution is 2.25. The Bertz CT molecular complexity index is 1400. The summed E-state index contributed by atoms with van der Waals surface area (Å²) in [6.45, 7) is 0.229. The minimum absolute atomic E-state index is 0.229. The standard InChI is InChI=1S/C24H16ClFN4O2/c25-17-7-3-16(4-8-17)21-13-23-28-20(15-5-9-18(26)10-6-15)12-22(30(23)29-21)24(31)27-14-19-2-1-11-32-19/h1-13H,14H2,(H,27,31). The molecule has 6 nitrogen and oxygen atoms in total. The van der Waals surface area contributed by atoms with Gasteiger partial charge in [-0.15, -0.1) is 0 Å². The lowest BCUT2D eigenvalue weighted by Crippen LogP contribution is -2.25. The van der Waals surface area contributed by atoms with Crippen LogP contribution in [0.3, 0.4) is 0 Å². The van der Waals surface area contributed by atoms with E-state index in [4.69, 9.17) is 16.0 Å². The summed E-state index contributed by atoms with van der Waals surface area (Å²) in [4.78, 5) is 17.7. The number of nitrogens with zero attached hydrogens (tertiary/aromatic N) is 3. The van der Waals surface area contributed by atoms with Gasteiger partial charge in [-0.1, -0.05) is 23.7 Å². The van der Waals surface area contributed by atoms with Crippen LogP contribution in [0.25, 0.3) is 28.2 Å². The van der Waals surface area contributed by atoms with Crippen LogP contribution >= 0.6 is 11.6 Å². The molecule has 8 heteroatoms. The molecule has 3 aromatic heterocycles. The SMILES string of the molecule is O=C(NCc1ccco1)c1cc(-c2ccc(F)cc2)nc2cc(-c3ccc(Cl)cc3)nn12. The molecule has 5 rings (SSSR count). The lowest BCUT2D eigenvalue weighted by atomic mass is 10.1. The Kier molecular flexibility index (Phi) is 5.17. The normalized spacial score (nSPS) is 11.1. The van der Waals surface area contributed by atoms with Crippen LogP contribution in [-0.2, 0) is 6.54 Å². The van der Waals surface area contributed by atoms with E-state index >= 15 is 0 Å². The zero-order valence-corrected chi connectivity index (χ0v) is 17.4. The lowest BCUT2D eigenvalue weighted by Gasteiger charge is -2.09. The second kappa shape index (κ2) is 8.28. The summed E-state index contributed by atoms with van der Waals surface area (Å²) in [6.07, 6.45) is 1.55. The van der Waals surface area contributed by atoms with Crippen LogP contribution in [0.1, 0.15) is 16.2 Å². The topological polar surface area (TPSA) is 72.4 Å². The Labute approximate surface area is 187 Å². The average Bonchev–Trinajstić information content (AvgIpc) is 3.47. The number of amides is 1. The Hall–Kier alpha value is -3.97. The second-order valence-corrected chi connectivity index (χ2v) is 7.54. The van der Waals surface area contributed by atoms with E-state index in [2.05, 4.69) is 15.4 Å². The molecule has 0 saturated heterocycles. The predicted octanol–water partition coefficient (Wildman–Crippen LogP) is 5.38. The maximum Gasteiger partial charge on any atom is 0.270 e. The smallest absolute Gasteiger partial charge is 0.270 e. The zero-order valence-electron chi connectivity index (χ0n) is 16.6. The van der Waals surface area contributed by atoms with E-state index in [0.717, 1.165) is 5.56 Å². The third-order valence-electron chi connectivity index (χ3n) is 4.94. The minimum Gasteiger partial charge on any atom is -0.467 e. The van der Waals surface area contributed by atoms with Gasteiger partial charge < -0.3 is 9.73 Å². The van der Waals surface area contributed by atoms with Crippen molar-refractivity contribution in [3.8, 4) is 22.5 Å². The molecule has 5 aromatic rings. The van der Waals surface area contributed by atoms with Gasteiger partial charge in [-0.2, -0.15) is 5.10 Å². The molecule has 0 aliphatic rings. The van der Waals surface area contributed by atoms with Crippen molar-refractivity contribution in [1.82, 2.24) is 19.9 Å². The fraction of sp³-hybridized carbons (Fsp3) is 0.0417. The Balaban J connectivity index is 1.60. The number of aromatic nitrogens is 3. The third kappa shape index (κ3) is 3.98. The largest absolute Gasteiger partial charge is 0.467 e. The first-order valence-electron chi connectivity index (χ1n) is 9.80. The van der Waals surface area contributed by atoms with Crippen LogP contribution < -0.4 is 5.32 Å². The fourth-order valence-electron chi connectivity index (χ4n) is 3.34. The number of fused-ring (bicyclic) bond motifs is 1. The highest BCUT2D eigenvalue weighted by molar-refractivity contribution is 6.30. The molecule has 3 heterocycles. The summed E-state index contributed by atoms with van der Waals surface area (Å²) >= 11 is 6.00. The average molecular weight is 447 g/mol. The molecule has 0 saturated carbocycles. The summed E-state index contributed by atoms with van der Waals surface area (Å²) in [7, 11) is 0. The van der Waals surface area contributed by atoms with Gasteiger partial charge in [-0.25, -0.2) is 13.9 Å². The van der Waals surface area contributed by atoms with Crippen molar-refractivity contribution in [3.05, 3.63) is 101 Å². The van der Waals surface area contributed by atoms with E-state index < -0.39 is 0 Å². The monoisotopic (exact) mass is 446 g/mol. The van der Waals surface area contributed by atoms with Crippen molar-refractivity contribution in [3.63, 3.8) is 0 Å². The summed E-state index contributed by atoms with van der Waals surface area (Å²) in [5.74, 6) is -0.0618. The molecule has 32 heavy (non-hydrogen) atoms. The van der Waals surface area contributed by atoms with Gasteiger partial charge in [0.15, 0.2) is 5.65 Å². The minimum atomic E-state index is -0.347. The maximum atomic E-state index is 13.4. The first-order valence-corrected chi connectivity index (χ1v) is 10.2. The van der Waals surface area contributed by atoms with Crippen LogP contribution in [0.15, 0.2) is 83.5 Å². The predicted molar refractivity (Wildman–Crippen MR) is 119 cm³/mol. The van der Waals surface area contributed by atoms with Crippen molar-refractivity contribution in [2.75, 3.05) is 0 Å². The number of halogens is 2. The molecule has 0 radical (unpaired) electrons. The van der Waals surface area contributed by atoms with Gasteiger partial charge in [-0.3, -0.25) is 4.79 Å². The van der Waals surface area contributed by atoms with Crippen LogP contribution in [0.2, 0.25) is 5.02 Å². The number of nitrogens with one attached hydrogen (secondary N) is 1. The highest BCUT2D eigenvalue weighted by Gasteiger charge is 2.17. The highest BCUT2D eigenvalue weighted by atomic mass is 35.5. The number of carbonyl (C=O) groups is 1. The number of hydrogen-bond acceptors (Lipinski definition) is 4. The first kappa shape index (κ1) is 20.0. The van der Waals surface area contributed by atoms with Gasteiger partial charge in [0.05, 0.1) is 24.2 Å². The molecule has 1 N–H and O–H groups in total. The van der Waals surface area contributed by atoms with Crippen LogP contribution in [0, 0.1) is 5.82 Å². The van der Waals surface area contributed by atoms with E-state index in [1.165, 1.54) is 16.6 Å². The summed E-state index contributed by atoms with van der Waals surface area (Å²) in [5.41, 5.74) is 3.48. The molecule has 0 spiro atoms. The van der Waals surface area contributed by atoms with Gasteiger partial charge in [-0.05, 0) is 54.6 Å². The molecule has 158 valence electrons. The van der Waals surface area contributed by atoms with Crippen LogP contribution in [0.5, 0.6) is 0 Å². The quantitative estimate of drug-likeness (QED) is 0.393. The van der Waals surface area contributed by atoms with E-state index in [9.17, 15) is 9.18 Å². The fourth-order valence-corrected chi connectivity index (χ4v) is 3.46. The number of carbonyl (C=O) groups excluding carboxylic acids is 1. The number of furan rings is 1. The molecule has 0 unspecified atom stereocenters. The Morgan fingerprint density at radius 2 is 1.72 bits per heavy atom. The molecule has 0 aliphatic heterocycles. The molecular weight excluding hydrogens is 431 g/mol. The lowest BCUT2D eigenvalue weighted by molar-refractivity contribution is 0.0940. The molecule has 0 atom stereocenters. The van der Waals surface area contributed by atoms with Crippen molar-refractivity contribution >= 4 is 23.2 Å². The van der Waals surface area contributed by atoms with E-state index in [1.807, 2.05) is 12.1 Å². The van der Waals surface area contributed by atoms with Crippen molar-refractivity contribution < 1.29 is 13.6 Å². The summed E-state index contributed by atoms with van der Waals surface area (Å²) < 4.78 is 20.2.